The number of hydrogen-bond acceptors (Lipinski definition) is 7. The van der Waals surface area contributed by atoms with Crippen LogP contribution in [0.1, 0.15) is 86.0 Å². The Hall–Kier alpha value is -1.89. The molecule has 4 aliphatic carbocycles. The van der Waals surface area contributed by atoms with E-state index in [2.05, 4.69) is 19.9 Å². The van der Waals surface area contributed by atoms with Crippen LogP contribution >= 0.6 is 0 Å². The van der Waals surface area contributed by atoms with E-state index in [1.165, 1.54) is 26.3 Å². The third-order valence-corrected chi connectivity index (χ3v) is 9.89. The average molecular weight is 477 g/mol. The minimum Gasteiger partial charge on any atom is -0.462 e. The molecule has 1 N–H and O–H groups in total. The van der Waals surface area contributed by atoms with Crippen LogP contribution in [-0.4, -0.2) is 47.4 Å². The number of esters is 3. The maximum Gasteiger partial charge on any atom is 0.303 e. The van der Waals surface area contributed by atoms with Crippen LogP contribution in [0.3, 0.4) is 0 Å². The minimum atomic E-state index is -1.23. The molecule has 0 radical (unpaired) electrons. The van der Waals surface area contributed by atoms with E-state index in [0.717, 1.165) is 44.9 Å². The normalized spacial score (nSPS) is 41.8. The molecule has 0 bridgehead atoms. The maximum atomic E-state index is 12.0. The van der Waals surface area contributed by atoms with Crippen LogP contribution in [0.2, 0.25) is 0 Å². The van der Waals surface area contributed by atoms with Crippen molar-refractivity contribution in [2.75, 3.05) is 6.61 Å². The van der Waals surface area contributed by atoms with Gasteiger partial charge in [-0.2, -0.15) is 0 Å². The Labute approximate surface area is 202 Å². The van der Waals surface area contributed by atoms with E-state index in [4.69, 9.17) is 14.2 Å². The van der Waals surface area contributed by atoms with E-state index in [0.29, 0.717) is 24.2 Å². The molecule has 3 fully saturated rings. The molecule has 0 aromatic carbocycles. The molecule has 4 rings (SSSR count). The molecule has 0 aromatic rings. The molecule has 0 aromatic heterocycles. The molecule has 190 valence electrons. The van der Waals surface area contributed by atoms with Crippen LogP contribution in [0.15, 0.2) is 11.6 Å². The lowest BCUT2D eigenvalue weighted by molar-refractivity contribution is -0.206. The molecule has 7 heteroatoms. The largest absolute Gasteiger partial charge is 0.462 e. The van der Waals surface area contributed by atoms with Crippen molar-refractivity contribution in [3.05, 3.63) is 11.6 Å². The van der Waals surface area contributed by atoms with Crippen molar-refractivity contribution < 1.29 is 33.7 Å². The van der Waals surface area contributed by atoms with Crippen LogP contribution in [-0.2, 0) is 28.6 Å². The Balaban J connectivity index is 1.58. The zero-order valence-electron chi connectivity index (χ0n) is 21.2. The lowest BCUT2D eigenvalue weighted by Gasteiger charge is -2.59. The second kappa shape index (κ2) is 8.96. The maximum absolute atomic E-state index is 12.0. The van der Waals surface area contributed by atoms with Crippen LogP contribution in [0.5, 0.6) is 0 Å². The molecule has 0 heterocycles. The van der Waals surface area contributed by atoms with Crippen LogP contribution in [0, 0.1) is 28.6 Å². The highest BCUT2D eigenvalue weighted by atomic mass is 16.6. The SMILES string of the molecule is CC(=O)OC[C@H](OC(C)=O)[C@]1(O)CC[C@@H]2[C@H]3CC=C4C[C@@H](OC(C)=O)CC[C@]4(C)[C@@H]3CC[C@@]21C. The van der Waals surface area contributed by atoms with Gasteiger partial charge in [0.1, 0.15) is 18.3 Å². The molecule has 4 aliphatic rings. The molecular weight excluding hydrogens is 436 g/mol. The summed E-state index contributed by atoms with van der Waals surface area (Å²) in [5.41, 5.74) is -0.141. The van der Waals surface area contributed by atoms with Crippen molar-refractivity contribution in [1.82, 2.24) is 0 Å². The highest BCUT2D eigenvalue weighted by Crippen LogP contribution is 2.67. The monoisotopic (exact) mass is 476 g/mol. The molecule has 0 amide bonds. The molecule has 34 heavy (non-hydrogen) atoms. The lowest BCUT2D eigenvalue weighted by Crippen LogP contribution is -2.60. The summed E-state index contributed by atoms with van der Waals surface area (Å²) in [5, 5.41) is 12.0. The van der Waals surface area contributed by atoms with Gasteiger partial charge >= 0.3 is 17.9 Å². The highest BCUT2D eigenvalue weighted by Gasteiger charge is 2.66. The molecule has 0 aliphatic heterocycles. The number of ether oxygens (including phenoxy) is 3. The first kappa shape index (κ1) is 25.2. The zero-order valence-corrected chi connectivity index (χ0v) is 21.2. The van der Waals surface area contributed by atoms with Gasteiger partial charge in [0, 0.05) is 32.6 Å². The predicted molar refractivity (Wildman–Crippen MR) is 124 cm³/mol. The van der Waals surface area contributed by atoms with Crippen LogP contribution in [0.4, 0.5) is 0 Å². The number of fused-ring (bicyclic) bond motifs is 5. The third-order valence-electron chi connectivity index (χ3n) is 9.89. The fourth-order valence-electron chi connectivity index (χ4n) is 8.21. The topological polar surface area (TPSA) is 99.1 Å². The second-order valence-electron chi connectivity index (χ2n) is 11.6. The van der Waals surface area contributed by atoms with Crippen LogP contribution < -0.4 is 0 Å². The van der Waals surface area contributed by atoms with Crippen molar-refractivity contribution >= 4 is 17.9 Å². The number of aliphatic hydroxyl groups is 1. The first-order chi connectivity index (χ1) is 15.9. The lowest BCUT2D eigenvalue weighted by atomic mass is 9.46. The smallest absolute Gasteiger partial charge is 0.303 e. The van der Waals surface area contributed by atoms with Gasteiger partial charge < -0.3 is 19.3 Å². The predicted octanol–water partition coefficient (Wildman–Crippen LogP) is 4.11. The Morgan fingerprint density at radius 1 is 1.00 bits per heavy atom. The molecular formula is C27H40O7. The summed E-state index contributed by atoms with van der Waals surface area (Å²) in [6, 6.07) is 0. The molecule has 0 saturated heterocycles. The summed E-state index contributed by atoms with van der Waals surface area (Å²) in [4.78, 5) is 34.8. The van der Waals surface area contributed by atoms with E-state index in [9.17, 15) is 19.5 Å². The molecule has 8 atom stereocenters. The van der Waals surface area contributed by atoms with Gasteiger partial charge in [-0.25, -0.2) is 0 Å². The van der Waals surface area contributed by atoms with Gasteiger partial charge in [0.05, 0.1) is 0 Å². The fourth-order valence-corrected chi connectivity index (χ4v) is 8.21. The Kier molecular flexibility index (Phi) is 6.64. The van der Waals surface area contributed by atoms with Gasteiger partial charge in [-0.05, 0) is 68.1 Å². The summed E-state index contributed by atoms with van der Waals surface area (Å²) >= 11 is 0. The van der Waals surface area contributed by atoms with Gasteiger partial charge in [-0.15, -0.1) is 0 Å². The second-order valence-corrected chi connectivity index (χ2v) is 11.6. The summed E-state index contributed by atoms with van der Waals surface area (Å²) < 4.78 is 16.3. The average Bonchev–Trinajstić information content (AvgIpc) is 3.02. The summed E-state index contributed by atoms with van der Waals surface area (Å²) in [5.74, 6) is 0.121. The van der Waals surface area contributed by atoms with Crippen LogP contribution in [0.25, 0.3) is 0 Å². The van der Waals surface area contributed by atoms with Crippen molar-refractivity contribution in [1.29, 1.82) is 0 Å². The first-order valence-electron chi connectivity index (χ1n) is 12.8. The van der Waals surface area contributed by atoms with Gasteiger partial charge in [0.2, 0.25) is 0 Å². The van der Waals surface area contributed by atoms with Crippen molar-refractivity contribution in [3.8, 4) is 0 Å². The molecule has 3 saturated carbocycles. The Morgan fingerprint density at radius 3 is 2.35 bits per heavy atom. The van der Waals surface area contributed by atoms with Crippen molar-refractivity contribution in [2.24, 2.45) is 28.6 Å². The quantitative estimate of drug-likeness (QED) is 0.362. The molecule has 7 nitrogen and oxygen atoms in total. The van der Waals surface area contributed by atoms with Gasteiger partial charge in [0.15, 0.2) is 6.10 Å². The standard InChI is InChI=1S/C27H40O7/c1-16(28)32-15-24(34-18(3)30)27(31)13-10-23-21-7-6-19-14-20(33-17(2)29)8-11-25(19,4)22(21)9-12-26(23,27)5/h6,20-24,31H,7-15H2,1-5H3/t20-,21-,22+,23+,24-,25-,26-,27+/m0/s1. The fraction of sp³-hybridized carbons (Fsp3) is 0.815. The Morgan fingerprint density at radius 2 is 1.71 bits per heavy atom. The summed E-state index contributed by atoms with van der Waals surface area (Å²) in [7, 11) is 0. The van der Waals surface area contributed by atoms with Gasteiger partial charge in [0.25, 0.3) is 0 Å². The molecule has 0 unspecified atom stereocenters. The number of allylic oxidation sites excluding steroid dienone is 1. The van der Waals surface area contributed by atoms with E-state index in [1.807, 2.05) is 0 Å². The van der Waals surface area contributed by atoms with E-state index >= 15 is 0 Å². The number of carbonyl (C=O) groups excluding carboxylic acids is 3. The van der Waals surface area contributed by atoms with E-state index < -0.39 is 29.1 Å². The zero-order chi connectivity index (χ0) is 24.9. The first-order valence-corrected chi connectivity index (χ1v) is 12.8. The summed E-state index contributed by atoms with van der Waals surface area (Å²) in [6.45, 7) is 8.53. The Bertz CT molecular complexity index is 880. The highest BCUT2D eigenvalue weighted by molar-refractivity contribution is 5.67. The number of carbonyl (C=O) groups is 3. The third kappa shape index (κ3) is 4.08. The molecule has 0 spiro atoms. The minimum absolute atomic E-state index is 0.0235. The van der Waals surface area contributed by atoms with E-state index in [1.54, 1.807) is 0 Å². The van der Waals surface area contributed by atoms with Gasteiger partial charge in [-0.3, -0.25) is 14.4 Å². The number of rotatable bonds is 5. The summed E-state index contributed by atoms with van der Waals surface area (Å²) in [6.07, 6.45) is 8.38. The van der Waals surface area contributed by atoms with Gasteiger partial charge in [-0.1, -0.05) is 25.5 Å². The van der Waals surface area contributed by atoms with E-state index in [-0.39, 0.29) is 24.1 Å². The van der Waals surface area contributed by atoms with Crippen molar-refractivity contribution in [3.63, 3.8) is 0 Å². The number of hydrogen-bond donors (Lipinski definition) is 1. The van der Waals surface area contributed by atoms with Crippen molar-refractivity contribution in [2.45, 2.75) is 104 Å².